The zero-order chi connectivity index (χ0) is 12.8. The van der Waals surface area contributed by atoms with E-state index in [1.165, 1.54) is 31.4 Å². The van der Waals surface area contributed by atoms with Crippen LogP contribution in [0.15, 0.2) is 24.4 Å². The average molecular weight is 247 g/mol. The van der Waals surface area contributed by atoms with Crippen molar-refractivity contribution in [3.63, 3.8) is 0 Å². The van der Waals surface area contributed by atoms with Crippen LogP contribution in [-0.4, -0.2) is 36.1 Å². The van der Waals surface area contributed by atoms with Gasteiger partial charge in [0.25, 0.3) is 0 Å². The van der Waals surface area contributed by atoms with Gasteiger partial charge < -0.3 is 10.6 Å². The summed E-state index contributed by atoms with van der Waals surface area (Å²) in [6, 6.07) is 6.53. The van der Waals surface area contributed by atoms with E-state index in [1.54, 1.807) is 0 Å². The standard InChI is InChI=1S/C15H25N3/c1-18(11-9-14-7-4-5-10-17-14)12-13-6-2-3-8-15(13)16/h4-5,7,10,13,15H,2-3,6,8-9,11-12,16H2,1H3. The first-order chi connectivity index (χ1) is 8.75. The third-order valence-corrected chi connectivity index (χ3v) is 3.99. The van der Waals surface area contributed by atoms with Crippen LogP contribution in [0.5, 0.6) is 0 Å². The molecule has 3 heteroatoms. The Balaban J connectivity index is 1.73. The molecule has 1 aromatic rings. The smallest absolute Gasteiger partial charge is 0.0416 e. The summed E-state index contributed by atoms with van der Waals surface area (Å²) in [6.07, 6.45) is 8.07. The van der Waals surface area contributed by atoms with Crippen molar-refractivity contribution in [2.24, 2.45) is 11.7 Å². The van der Waals surface area contributed by atoms with Crippen molar-refractivity contribution in [2.75, 3.05) is 20.1 Å². The van der Waals surface area contributed by atoms with Crippen molar-refractivity contribution < 1.29 is 0 Å². The zero-order valence-corrected chi connectivity index (χ0v) is 11.4. The van der Waals surface area contributed by atoms with E-state index in [0.717, 1.165) is 19.5 Å². The van der Waals surface area contributed by atoms with Gasteiger partial charge in [0.2, 0.25) is 0 Å². The Bertz CT molecular complexity index is 339. The second kappa shape index (κ2) is 6.86. The van der Waals surface area contributed by atoms with Gasteiger partial charge in [-0.05, 0) is 37.9 Å². The molecule has 0 spiro atoms. The van der Waals surface area contributed by atoms with Crippen molar-refractivity contribution in [1.82, 2.24) is 9.88 Å². The average Bonchev–Trinajstić information content (AvgIpc) is 2.40. The molecule has 2 rings (SSSR count). The molecule has 1 aliphatic carbocycles. The van der Waals surface area contributed by atoms with Crippen LogP contribution in [0.25, 0.3) is 0 Å². The highest BCUT2D eigenvalue weighted by Crippen LogP contribution is 2.23. The second-order valence-electron chi connectivity index (χ2n) is 5.54. The summed E-state index contributed by atoms with van der Waals surface area (Å²) in [6.45, 7) is 2.20. The monoisotopic (exact) mass is 247 g/mol. The van der Waals surface area contributed by atoms with E-state index >= 15 is 0 Å². The predicted molar refractivity (Wildman–Crippen MR) is 75.4 cm³/mol. The fourth-order valence-corrected chi connectivity index (χ4v) is 2.81. The molecule has 1 aliphatic rings. The molecule has 0 aromatic carbocycles. The van der Waals surface area contributed by atoms with Gasteiger partial charge in [-0.1, -0.05) is 18.9 Å². The Morgan fingerprint density at radius 3 is 2.89 bits per heavy atom. The highest BCUT2D eigenvalue weighted by Gasteiger charge is 2.22. The normalized spacial score (nSPS) is 24.4. The predicted octanol–water partition coefficient (Wildman–Crippen LogP) is 2.07. The lowest BCUT2D eigenvalue weighted by Crippen LogP contribution is -2.40. The molecule has 0 aliphatic heterocycles. The molecule has 2 N–H and O–H groups in total. The Hall–Kier alpha value is -0.930. The van der Waals surface area contributed by atoms with E-state index in [0.29, 0.717) is 12.0 Å². The maximum atomic E-state index is 6.20. The molecule has 3 nitrogen and oxygen atoms in total. The molecule has 1 heterocycles. The number of likely N-dealkylation sites (N-methyl/N-ethyl adjacent to an activating group) is 1. The van der Waals surface area contributed by atoms with Crippen LogP contribution in [0.3, 0.4) is 0 Å². The Morgan fingerprint density at radius 1 is 1.33 bits per heavy atom. The minimum Gasteiger partial charge on any atom is -0.327 e. The lowest BCUT2D eigenvalue weighted by Gasteiger charge is -2.32. The number of rotatable bonds is 5. The van der Waals surface area contributed by atoms with Gasteiger partial charge in [-0.2, -0.15) is 0 Å². The van der Waals surface area contributed by atoms with Crippen molar-refractivity contribution in [3.8, 4) is 0 Å². The molecule has 0 saturated heterocycles. The van der Waals surface area contributed by atoms with Crippen LogP contribution in [0.4, 0.5) is 0 Å². The van der Waals surface area contributed by atoms with Gasteiger partial charge in [0.15, 0.2) is 0 Å². The van der Waals surface area contributed by atoms with E-state index < -0.39 is 0 Å². The minimum absolute atomic E-state index is 0.413. The fourth-order valence-electron chi connectivity index (χ4n) is 2.81. The third-order valence-electron chi connectivity index (χ3n) is 3.99. The summed E-state index contributed by atoms with van der Waals surface area (Å²) in [5.41, 5.74) is 7.37. The molecule has 100 valence electrons. The topological polar surface area (TPSA) is 42.2 Å². The maximum absolute atomic E-state index is 6.20. The van der Waals surface area contributed by atoms with E-state index in [9.17, 15) is 0 Å². The van der Waals surface area contributed by atoms with E-state index in [4.69, 9.17) is 5.73 Å². The van der Waals surface area contributed by atoms with Crippen molar-refractivity contribution in [1.29, 1.82) is 0 Å². The largest absolute Gasteiger partial charge is 0.327 e. The van der Waals surface area contributed by atoms with Crippen LogP contribution >= 0.6 is 0 Å². The van der Waals surface area contributed by atoms with Crippen LogP contribution < -0.4 is 5.73 Å². The molecule has 2 unspecified atom stereocenters. The molecule has 1 saturated carbocycles. The first-order valence-corrected chi connectivity index (χ1v) is 7.10. The molecule has 18 heavy (non-hydrogen) atoms. The minimum atomic E-state index is 0.413. The molecular weight excluding hydrogens is 222 g/mol. The van der Waals surface area contributed by atoms with Crippen LogP contribution in [0.2, 0.25) is 0 Å². The van der Waals surface area contributed by atoms with Crippen LogP contribution in [0.1, 0.15) is 31.4 Å². The highest BCUT2D eigenvalue weighted by molar-refractivity contribution is 5.03. The Morgan fingerprint density at radius 2 is 2.17 bits per heavy atom. The summed E-state index contributed by atoms with van der Waals surface area (Å²) >= 11 is 0. The van der Waals surface area contributed by atoms with Crippen molar-refractivity contribution >= 4 is 0 Å². The molecular formula is C15H25N3. The number of hydrogen-bond donors (Lipinski definition) is 1. The number of aromatic nitrogens is 1. The lowest BCUT2D eigenvalue weighted by molar-refractivity contribution is 0.212. The van der Waals surface area contributed by atoms with E-state index in [-0.39, 0.29) is 0 Å². The summed E-state index contributed by atoms with van der Waals surface area (Å²) in [5.74, 6) is 0.687. The fraction of sp³-hybridized carbons (Fsp3) is 0.667. The molecule has 1 aromatic heterocycles. The van der Waals surface area contributed by atoms with Gasteiger partial charge in [0, 0.05) is 37.4 Å². The number of nitrogens with zero attached hydrogens (tertiary/aromatic N) is 2. The number of hydrogen-bond acceptors (Lipinski definition) is 3. The molecule has 0 amide bonds. The van der Waals surface area contributed by atoms with Gasteiger partial charge in [-0.15, -0.1) is 0 Å². The number of nitrogens with two attached hydrogens (primary N) is 1. The van der Waals surface area contributed by atoms with Crippen molar-refractivity contribution in [3.05, 3.63) is 30.1 Å². The first kappa shape index (κ1) is 13.5. The van der Waals surface area contributed by atoms with Gasteiger partial charge in [0.05, 0.1) is 0 Å². The summed E-state index contributed by atoms with van der Waals surface area (Å²) in [4.78, 5) is 6.77. The number of pyridine rings is 1. The van der Waals surface area contributed by atoms with E-state index in [2.05, 4.69) is 29.1 Å². The Kier molecular flexibility index (Phi) is 5.14. The molecule has 1 fully saturated rings. The Labute approximate surface area is 110 Å². The third kappa shape index (κ3) is 4.07. The summed E-state index contributed by atoms with van der Waals surface area (Å²) < 4.78 is 0. The zero-order valence-electron chi connectivity index (χ0n) is 11.4. The first-order valence-electron chi connectivity index (χ1n) is 7.10. The molecule has 2 atom stereocenters. The van der Waals surface area contributed by atoms with Crippen LogP contribution in [-0.2, 0) is 6.42 Å². The van der Waals surface area contributed by atoms with Gasteiger partial charge in [-0.25, -0.2) is 0 Å². The van der Waals surface area contributed by atoms with Gasteiger partial charge in [-0.3, -0.25) is 4.98 Å². The second-order valence-corrected chi connectivity index (χ2v) is 5.54. The molecule has 0 bridgehead atoms. The SMILES string of the molecule is CN(CCc1ccccn1)CC1CCCCC1N. The van der Waals surface area contributed by atoms with Crippen molar-refractivity contribution in [2.45, 2.75) is 38.1 Å². The van der Waals surface area contributed by atoms with E-state index in [1.807, 2.05) is 12.3 Å². The maximum Gasteiger partial charge on any atom is 0.0416 e. The lowest BCUT2D eigenvalue weighted by atomic mass is 9.85. The quantitative estimate of drug-likeness (QED) is 0.866. The van der Waals surface area contributed by atoms with Crippen LogP contribution in [0, 0.1) is 5.92 Å². The van der Waals surface area contributed by atoms with Gasteiger partial charge >= 0.3 is 0 Å². The summed E-state index contributed by atoms with van der Waals surface area (Å²) in [7, 11) is 2.20. The molecule has 0 radical (unpaired) electrons. The van der Waals surface area contributed by atoms with Gasteiger partial charge in [0.1, 0.15) is 0 Å². The highest BCUT2D eigenvalue weighted by atomic mass is 15.1. The summed E-state index contributed by atoms with van der Waals surface area (Å²) in [5, 5.41) is 0.